The van der Waals surface area contributed by atoms with Gasteiger partial charge in [0.15, 0.2) is 12.1 Å². The maximum absolute atomic E-state index is 12.3. The molecule has 0 unspecified atom stereocenters. The van der Waals surface area contributed by atoms with E-state index in [-0.39, 0.29) is 32.0 Å². The van der Waals surface area contributed by atoms with E-state index in [1.807, 2.05) is 97.1 Å². The zero-order chi connectivity index (χ0) is 34.0. The Kier molecular flexibility index (Phi) is 11.4. The van der Waals surface area contributed by atoms with Crippen molar-refractivity contribution in [2.75, 3.05) is 24.2 Å². The third kappa shape index (κ3) is 8.95. The summed E-state index contributed by atoms with van der Waals surface area (Å²) in [6.45, 7) is 1.68. The topological polar surface area (TPSA) is 132 Å². The van der Waals surface area contributed by atoms with Crippen molar-refractivity contribution >= 4 is 29.4 Å². The number of anilines is 1. The average molecular weight is 680 g/mol. The van der Waals surface area contributed by atoms with Crippen molar-refractivity contribution in [1.82, 2.24) is 10.3 Å². The van der Waals surface area contributed by atoms with Gasteiger partial charge in [-0.25, -0.2) is 9.78 Å². The minimum Gasteiger partial charge on any atom is -0.465 e. The number of amides is 2. The minimum atomic E-state index is -0.683. The molecule has 6 rings (SSSR count). The zero-order valence-corrected chi connectivity index (χ0v) is 27.7. The molecule has 2 heterocycles. The second kappa shape index (κ2) is 16.4. The number of esters is 1. The van der Waals surface area contributed by atoms with Gasteiger partial charge in [-0.2, -0.15) is 0 Å². The number of nitrogens with one attached hydrogen (secondary N) is 2. The number of hydrogen-bond acceptors (Lipinski definition) is 9. The van der Waals surface area contributed by atoms with Crippen LogP contribution in [0.25, 0.3) is 22.6 Å². The van der Waals surface area contributed by atoms with Gasteiger partial charge in [-0.1, -0.05) is 109 Å². The summed E-state index contributed by atoms with van der Waals surface area (Å²) < 4.78 is 24.2. The molecule has 49 heavy (non-hydrogen) atoms. The average Bonchev–Trinajstić information content (AvgIpc) is 3.59. The summed E-state index contributed by atoms with van der Waals surface area (Å²) in [5, 5.41) is 15.3. The summed E-state index contributed by atoms with van der Waals surface area (Å²) in [4.78, 5) is 28.7. The quantitative estimate of drug-likeness (QED) is 0.0905. The summed E-state index contributed by atoms with van der Waals surface area (Å²) in [6.07, 6.45) is -0.573. The first-order chi connectivity index (χ1) is 24.0. The number of nitrogens with zero attached hydrogens (tertiary/aromatic N) is 1. The van der Waals surface area contributed by atoms with Crippen LogP contribution in [0.1, 0.15) is 42.4 Å². The van der Waals surface area contributed by atoms with Crippen molar-refractivity contribution in [3.8, 4) is 22.6 Å². The lowest BCUT2D eigenvalue weighted by Crippen LogP contribution is -2.34. The number of aliphatic hydroxyl groups excluding tert-OH is 1. The number of aromatic nitrogens is 1. The number of hydrogen-bond donors (Lipinski definition) is 3. The van der Waals surface area contributed by atoms with Crippen molar-refractivity contribution in [3.63, 3.8) is 0 Å². The molecular weight excluding hydrogens is 642 g/mol. The second-order valence-electron chi connectivity index (χ2n) is 11.3. The highest BCUT2D eigenvalue weighted by Crippen LogP contribution is 2.41. The normalized spacial score (nSPS) is 17.3. The highest BCUT2D eigenvalue weighted by atomic mass is 32.2. The van der Waals surface area contributed by atoms with Crippen LogP contribution >= 0.6 is 11.8 Å². The largest absolute Gasteiger partial charge is 0.465 e. The van der Waals surface area contributed by atoms with Gasteiger partial charge in [0.1, 0.15) is 12.2 Å². The van der Waals surface area contributed by atoms with Gasteiger partial charge in [0.25, 0.3) is 5.22 Å². The second-order valence-corrected chi connectivity index (χ2v) is 12.3. The maximum Gasteiger partial charge on any atom is 0.325 e. The molecule has 11 heteroatoms. The molecule has 1 fully saturated rings. The van der Waals surface area contributed by atoms with Gasteiger partial charge in [-0.05, 0) is 30.2 Å². The molecule has 1 aliphatic rings. The molecule has 1 aliphatic heterocycles. The fourth-order valence-electron chi connectivity index (χ4n) is 5.39. The van der Waals surface area contributed by atoms with E-state index in [9.17, 15) is 14.7 Å². The summed E-state index contributed by atoms with van der Waals surface area (Å²) in [7, 11) is 0. The standard InChI is InChI=1S/C38H37N3O7S/c1-2-45-33(43)22-39-37(44)40-30-19-17-29(18-20-30)36-46-31(21-32(47-36)26-15-13-25(23-42)14-16-26)24-49-38-41-34(27-9-5-3-6-10-27)35(48-38)28-11-7-4-8-12-28/h3-20,31-32,36,42H,2,21-24H2,1H3,(H2,39,40,44)/t31-,32+,36+/m0/s1. The van der Waals surface area contributed by atoms with Gasteiger partial charge in [0, 0.05) is 34.6 Å². The molecule has 3 N–H and O–H groups in total. The predicted octanol–water partition coefficient (Wildman–Crippen LogP) is 7.52. The lowest BCUT2D eigenvalue weighted by Gasteiger charge is -2.36. The smallest absolute Gasteiger partial charge is 0.325 e. The van der Waals surface area contributed by atoms with Crippen molar-refractivity contribution in [2.45, 2.75) is 43.7 Å². The van der Waals surface area contributed by atoms with Crippen molar-refractivity contribution in [3.05, 3.63) is 126 Å². The van der Waals surface area contributed by atoms with E-state index in [4.69, 9.17) is 23.6 Å². The number of ether oxygens (including phenoxy) is 3. The van der Waals surface area contributed by atoms with Crippen molar-refractivity contribution < 1.29 is 33.3 Å². The predicted molar refractivity (Wildman–Crippen MR) is 187 cm³/mol. The lowest BCUT2D eigenvalue weighted by atomic mass is 10.0. The molecule has 0 aliphatic carbocycles. The number of carbonyl (C=O) groups excluding carboxylic acids is 2. The Labute approximate surface area is 288 Å². The zero-order valence-electron chi connectivity index (χ0n) is 26.9. The SMILES string of the molecule is CCOC(=O)CNC(=O)Nc1ccc([C@@H]2O[C@H](CSc3nc(-c4ccccc4)c(-c4ccccc4)o3)C[C@H](c3ccc(CO)cc3)O2)cc1. The van der Waals surface area contributed by atoms with Gasteiger partial charge in [-0.3, -0.25) is 4.79 Å². The molecule has 0 saturated carbocycles. The van der Waals surface area contributed by atoms with Crippen LogP contribution in [0.3, 0.4) is 0 Å². The first-order valence-corrected chi connectivity index (χ1v) is 17.0. The fourth-order valence-corrected chi connectivity index (χ4v) is 6.23. The highest BCUT2D eigenvalue weighted by molar-refractivity contribution is 7.99. The Hall–Kier alpha value is -4.94. The number of aliphatic hydroxyl groups is 1. The Morgan fingerprint density at radius 1 is 0.878 bits per heavy atom. The van der Waals surface area contributed by atoms with E-state index in [0.29, 0.717) is 28.8 Å². The van der Waals surface area contributed by atoms with Crippen LogP contribution in [0.5, 0.6) is 0 Å². The number of urea groups is 1. The number of rotatable bonds is 12. The molecule has 4 aromatic carbocycles. The fraction of sp³-hybridized carbons (Fsp3) is 0.237. The van der Waals surface area contributed by atoms with E-state index in [0.717, 1.165) is 33.5 Å². The molecule has 2 amide bonds. The molecule has 10 nitrogen and oxygen atoms in total. The van der Waals surface area contributed by atoms with Crippen LogP contribution in [0.2, 0.25) is 0 Å². The van der Waals surface area contributed by atoms with Gasteiger partial charge in [0.2, 0.25) is 0 Å². The third-order valence-corrected chi connectivity index (χ3v) is 8.80. The maximum atomic E-state index is 12.3. The summed E-state index contributed by atoms with van der Waals surface area (Å²) in [6, 6.07) is 34.3. The van der Waals surface area contributed by atoms with Crippen LogP contribution in [-0.4, -0.2) is 47.1 Å². The Bertz CT molecular complexity index is 1760. The van der Waals surface area contributed by atoms with Crippen LogP contribution in [0.15, 0.2) is 119 Å². The van der Waals surface area contributed by atoms with Crippen LogP contribution in [0.4, 0.5) is 10.5 Å². The number of thioether (sulfide) groups is 1. The molecule has 252 valence electrons. The molecule has 0 spiro atoms. The summed E-state index contributed by atoms with van der Waals surface area (Å²) in [5.41, 5.74) is 5.82. The monoisotopic (exact) mass is 679 g/mol. The molecule has 0 bridgehead atoms. The molecule has 0 radical (unpaired) electrons. The number of carbonyl (C=O) groups is 2. The van der Waals surface area contributed by atoms with Crippen molar-refractivity contribution in [2.24, 2.45) is 0 Å². The van der Waals surface area contributed by atoms with Crippen LogP contribution in [0, 0.1) is 0 Å². The first kappa shape index (κ1) is 33.9. The molecular formula is C38H37N3O7S. The third-order valence-electron chi connectivity index (χ3n) is 7.84. The van der Waals surface area contributed by atoms with Gasteiger partial charge < -0.3 is 34.4 Å². The van der Waals surface area contributed by atoms with Crippen molar-refractivity contribution in [1.29, 1.82) is 0 Å². The Balaban J connectivity index is 1.18. The Morgan fingerprint density at radius 3 is 2.22 bits per heavy atom. The van der Waals surface area contributed by atoms with Crippen LogP contribution < -0.4 is 10.6 Å². The molecule has 1 aromatic heterocycles. The van der Waals surface area contributed by atoms with E-state index in [2.05, 4.69) is 10.6 Å². The lowest BCUT2D eigenvalue weighted by molar-refractivity contribution is -0.245. The number of oxazole rings is 1. The summed E-state index contributed by atoms with van der Waals surface area (Å²) >= 11 is 1.49. The minimum absolute atomic E-state index is 0.0376. The Morgan fingerprint density at radius 2 is 1.55 bits per heavy atom. The first-order valence-electron chi connectivity index (χ1n) is 16.0. The van der Waals surface area contributed by atoms with Gasteiger partial charge in [0.05, 0.1) is 25.4 Å². The van der Waals surface area contributed by atoms with E-state index in [1.54, 1.807) is 19.1 Å². The van der Waals surface area contributed by atoms with Crippen LogP contribution in [-0.2, 0) is 25.6 Å². The van der Waals surface area contributed by atoms with E-state index in [1.165, 1.54) is 11.8 Å². The molecule has 3 atom stereocenters. The number of benzene rings is 4. The van der Waals surface area contributed by atoms with E-state index >= 15 is 0 Å². The van der Waals surface area contributed by atoms with Gasteiger partial charge >= 0.3 is 12.0 Å². The van der Waals surface area contributed by atoms with Gasteiger partial charge in [-0.15, -0.1) is 0 Å². The summed E-state index contributed by atoms with van der Waals surface area (Å²) in [5.74, 6) is 0.767. The molecule has 5 aromatic rings. The highest BCUT2D eigenvalue weighted by Gasteiger charge is 2.33. The van der Waals surface area contributed by atoms with E-state index < -0.39 is 18.3 Å². The molecule has 1 saturated heterocycles.